The number of carbonyl (C=O) groups excluding carboxylic acids is 1. The monoisotopic (exact) mass is 259 g/mol. The minimum Gasteiger partial charge on any atom is -0.393 e. The number of hydrogen-bond donors (Lipinski definition) is 1. The minimum absolute atomic E-state index is 0.130. The van der Waals surface area contributed by atoms with E-state index in [1.165, 1.54) is 11.3 Å². The highest BCUT2D eigenvalue weighted by Gasteiger charge is 2.21. The van der Waals surface area contributed by atoms with Crippen LogP contribution in [0.4, 0.5) is 0 Å². The molecule has 0 bridgehead atoms. The van der Waals surface area contributed by atoms with Gasteiger partial charge in [0.25, 0.3) is 0 Å². The smallest absolute Gasteiger partial charge is 0.227 e. The van der Waals surface area contributed by atoms with Gasteiger partial charge in [-0.05, 0) is 25.0 Å². The second-order valence-electron chi connectivity index (χ2n) is 3.99. The van der Waals surface area contributed by atoms with E-state index in [1.54, 1.807) is 0 Å². The number of thiophene rings is 1. The Kier molecular flexibility index (Phi) is 3.84. The predicted octanol–water partition coefficient (Wildman–Crippen LogP) is 1.93. The zero-order chi connectivity index (χ0) is 11.5. The van der Waals surface area contributed by atoms with Crippen molar-refractivity contribution in [2.24, 2.45) is 0 Å². The van der Waals surface area contributed by atoms with Gasteiger partial charge in [-0.3, -0.25) is 4.79 Å². The molecule has 0 aliphatic carbocycles. The van der Waals surface area contributed by atoms with Crippen molar-refractivity contribution in [1.29, 1.82) is 0 Å². The molecular formula is C11H14ClNO2S. The van der Waals surface area contributed by atoms with E-state index in [9.17, 15) is 9.90 Å². The van der Waals surface area contributed by atoms with Crippen LogP contribution in [0.3, 0.4) is 0 Å². The van der Waals surface area contributed by atoms with Crippen molar-refractivity contribution in [3.05, 3.63) is 21.3 Å². The lowest BCUT2D eigenvalue weighted by molar-refractivity contribution is -0.132. The van der Waals surface area contributed by atoms with Gasteiger partial charge in [-0.2, -0.15) is 0 Å². The highest BCUT2D eigenvalue weighted by molar-refractivity contribution is 7.16. The standard InChI is InChI=1S/C11H14ClNO2S/c12-10-2-1-9(16-10)7-11(15)13-5-3-8(14)4-6-13/h1-2,8,14H,3-7H2. The van der Waals surface area contributed by atoms with Crippen LogP contribution >= 0.6 is 22.9 Å². The molecule has 2 rings (SSSR count). The number of likely N-dealkylation sites (tertiary alicyclic amines) is 1. The van der Waals surface area contributed by atoms with E-state index in [2.05, 4.69) is 0 Å². The third-order valence-electron chi connectivity index (χ3n) is 2.77. The number of amides is 1. The molecule has 0 spiro atoms. The van der Waals surface area contributed by atoms with Gasteiger partial charge >= 0.3 is 0 Å². The summed E-state index contributed by atoms with van der Waals surface area (Å²) in [5.41, 5.74) is 0. The number of aliphatic hydroxyl groups excluding tert-OH is 1. The van der Waals surface area contributed by atoms with Gasteiger partial charge in [-0.15, -0.1) is 11.3 Å². The molecule has 1 N–H and O–H groups in total. The number of piperidine rings is 1. The topological polar surface area (TPSA) is 40.5 Å². The summed E-state index contributed by atoms with van der Waals surface area (Å²) in [5.74, 6) is 0.130. The lowest BCUT2D eigenvalue weighted by Gasteiger charge is -2.29. The molecule has 1 aromatic heterocycles. The van der Waals surface area contributed by atoms with Crippen molar-refractivity contribution >= 4 is 28.8 Å². The summed E-state index contributed by atoms with van der Waals surface area (Å²) in [5, 5.41) is 9.35. The van der Waals surface area contributed by atoms with Crippen LogP contribution in [0.5, 0.6) is 0 Å². The second kappa shape index (κ2) is 5.17. The predicted molar refractivity (Wildman–Crippen MR) is 64.9 cm³/mol. The molecule has 0 atom stereocenters. The van der Waals surface area contributed by atoms with Crippen LogP contribution < -0.4 is 0 Å². The third kappa shape index (κ3) is 2.97. The lowest BCUT2D eigenvalue weighted by Crippen LogP contribution is -2.40. The average molecular weight is 260 g/mol. The summed E-state index contributed by atoms with van der Waals surface area (Å²) in [7, 11) is 0. The number of halogens is 1. The molecular weight excluding hydrogens is 246 g/mol. The van der Waals surface area contributed by atoms with Crippen LogP contribution in [0, 0.1) is 0 Å². The van der Waals surface area contributed by atoms with Crippen LogP contribution in [-0.4, -0.2) is 35.1 Å². The average Bonchev–Trinajstić information content (AvgIpc) is 2.65. The molecule has 1 aromatic rings. The normalized spacial score (nSPS) is 17.8. The number of carbonyl (C=O) groups is 1. The van der Waals surface area contributed by atoms with Gasteiger partial charge in [0.1, 0.15) is 0 Å². The van der Waals surface area contributed by atoms with E-state index >= 15 is 0 Å². The van der Waals surface area contributed by atoms with E-state index in [1.807, 2.05) is 17.0 Å². The largest absolute Gasteiger partial charge is 0.393 e. The number of rotatable bonds is 2. The SMILES string of the molecule is O=C(Cc1ccc(Cl)s1)N1CCC(O)CC1. The molecule has 5 heteroatoms. The first-order valence-corrected chi connectivity index (χ1v) is 6.54. The number of nitrogens with zero attached hydrogens (tertiary/aromatic N) is 1. The molecule has 0 unspecified atom stereocenters. The van der Waals surface area contributed by atoms with Gasteiger partial charge in [0.05, 0.1) is 16.9 Å². The van der Waals surface area contributed by atoms with E-state index in [0.717, 1.165) is 9.21 Å². The third-order valence-corrected chi connectivity index (χ3v) is 4.00. The molecule has 3 nitrogen and oxygen atoms in total. The Labute approximate surface area is 104 Å². The van der Waals surface area contributed by atoms with Gasteiger partial charge in [-0.25, -0.2) is 0 Å². The molecule has 0 saturated carbocycles. The van der Waals surface area contributed by atoms with Crippen molar-refractivity contribution in [3.63, 3.8) is 0 Å². The Bertz CT molecular complexity index is 372. The first-order chi connectivity index (χ1) is 7.65. The fourth-order valence-electron chi connectivity index (χ4n) is 1.82. The Balaban J connectivity index is 1.88. The molecule has 16 heavy (non-hydrogen) atoms. The number of aliphatic hydroxyl groups is 1. The molecule has 1 fully saturated rings. The van der Waals surface area contributed by atoms with E-state index < -0.39 is 0 Å². The fraction of sp³-hybridized carbons (Fsp3) is 0.545. The Morgan fingerprint density at radius 3 is 2.75 bits per heavy atom. The van der Waals surface area contributed by atoms with E-state index in [4.69, 9.17) is 11.6 Å². The Morgan fingerprint density at radius 1 is 1.50 bits per heavy atom. The van der Waals surface area contributed by atoms with Crippen LogP contribution in [0.15, 0.2) is 12.1 Å². The van der Waals surface area contributed by atoms with Gasteiger partial charge < -0.3 is 10.0 Å². The summed E-state index contributed by atoms with van der Waals surface area (Å²) in [6, 6.07) is 3.71. The van der Waals surface area contributed by atoms with Crippen molar-refractivity contribution in [3.8, 4) is 0 Å². The summed E-state index contributed by atoms with van der Waals surface area (Å²) < 4.78 is 0.719. The maximum atomic E-state index is 11.9. The molecule has 2 heterocycles. The minimum atomic E-state index is -0.236. The van der Waals surface area contributed by atoms with Crippen molar-refractivity contribution in [2.45, 2.75) is 25.4 Å². The van der Waals surface area contributed by atoms with Gasteiger partial charge in [0.15, 0.2) is 0 Å². The molecule has 0 radical (unpaired) electrons. The highest BCUT2D eigenvalue weighted by atomic mass is 35.5. The quantitative estimate of drug-likeness (QED) is 0.882. The van der Waals surface area contributed by atoms with Crippen LogP contribution in [-0.2, 0) is 11.2 Å². The molecule has 88 valence electrons. The van der Waals surface area contributed by atoms with Crippen LogP contribution in [0.25, 0.3) is 0 Å². The molecule has 1 amide bonds. The molecule has 1 aliphatic rings. The van der Waals surface area contributed by atoms with Gasteiger partial charge in [0.2, 0.25) is 5.91 Å². The zero-order valence-corrected chi connectivity index (χ0v) is 10.4. The molecule has 1 aliphatic heterocycles. The number of hydrogen-bond acceptors (Lipinski definition) is 3. The van der Waals surface area contributed by atoms with Crippen LogP contribution in [0.1, 0.15) is 17.7 Å². The van der Waals surface area contributed by atoms with Gasteiger partial charge in [0, 0.05) is 18.0 Å². The summed E-state index contributed by atoms with van der Waals surface area (Å²) in [6.07, 6.45) is 1.57. The zero-order valence-electron chi connectivity index (χ0n) is 8.86. The highest BCUT2D eigenvalue weighted by Crippen LogP contribution is 2.22. The lowest BCUT2D eigenvalue weighted by atomic mass is 10.1. The molecule has 1 saturated heterocycles. The van der Waals surface area contributed by atoms with Crippen molar-refractivity contribution in [2.75, 3.05) is 13.1 Å². The van der Waals surface area contributed by atoms with E-state index in [-0.39, 0.29) is 12.0 Å². The second-order valence-corrected chi connectivity index (χ2v) is 5.79. The fourth-order valence-corrected chi connectivity index (χ4v) is 2.90. The summed E-state index contributed by atoms with van der Waals surface area (Å²) >= 11 is 7.26. The van der Waals surface area contributed by atoms with Crippen molar-refractivity contribution < 1.29 is 9.90 Å². The van der Waals surface area contributed by atoms with Crippen molar-refractivity contribution in [1.82, 2.24) is 4.90 Å². The first kappa shape index (κ1) is 11.9. The summed E-state index contributed by atoms with van der Waals surface area (Å²) in [4.78, 5) is 14.7. The maximum absolute atomic E-state index is 11.9. The maximum Gasteiger partial charge on any atom is 0.227 e. The van der Waals surface area contributed by atoms with Crippen LogP contribution in [0.2, 0.25) is 4.34 Å². The first-order valence-electron chi connectivity index (χ1n) is 5.35. The van der Waals surface area contributed by atoms with Gasteiger partial charge in [-0.1, -0.05) is 11.6 Å². The Morgan fingerprint density at radius 2 is 2.19 bits per heavy atom. The summed E-state index contributed by atoms with van der Waals surface area (Å²) in [6.45, 7) is 1.33. The Hall–Kier alpha value is -0.580. The van der Waals surface area contributed by atoms with E-state index in [0.29, 0.717) is 32.4 Å². The molecule has 0 aromatic carbocycles.